The van der Waals surface area contributed by atoms with Crippen LogP contribution in [0, 0.1) is 12.3 Å². The Hall–Kier alpha value is -3.08. The number of H-pyrrole nitrogens is 1. The molecule has 0 aliphatic heterocycles. The number of carbonyl (C=O) groups excluding carboxylic acids is 2. The van der Waals surface area contributed by atoms with Crippen LogP contribution in [0.3, 0.4) is 0 Å². The molecule has 0 atom stereocenters. The second-order valence-electron chi connectivity index (χ2n) is 7.86. The Morgan fingerprint density at radius 3 is 2.59 bits per heavy atom. The first-order valence-corrected chi connectivity index (χ1v) is 10.3. The maximum Gasteiger partial charge on any atom is 0.240 e. The van der Waals surface area contributed by atoms with Gasteiger partial charge in [0.15, 0.2) is 0 Å². The predicted molar refractivity (Wildman–Crippen MR) is 116 cm³/mol. The number of rotatable bonds is 7. The number of fused-ring (bicyclic) bond motifs is 1. The zero-order valence-electron chi connectivity index (χ0n) is 17.0. The van der Waals surface area contributed by atoms with Crippen LogP contribution in [0.5, 0.6) is 0 Å². The number of nitrogens with one attached hydrogen (secondary N) is 3. The second-order valence-corrected chi connectivity index (χ2v) is 7.86. The molecule has 5 heteroatoms. The fourth-order valence-electron chi connectivity index (χ4n) is 3.94. The molecule has 4 rings (SSSR count). The molecule has 2 amide bonds. The number of benzene rings is 2. The molecule has 1 heterocycles. The molecular weight excluding hydrogens is 362 g/mol. The van der Waals surface area contributed by atoms with Crippen molar-refractivity contribution in [2.24, 2.45) is 5.41 Å². The highest BCUT2D eigenvalue weighted by molar-refractivity contribution is 6.13. The lowest BCUT2D eigenvalue weighted by Crippen LogP contribution is -2.40. The van der Waals surface area contributed by atoms with Crippen LogP contribution in [0.4, 0.5) is 5.69 Å². The molecule has 0 unspecified atom stereocenters. The van der Waals surface area contributed by atoms with Gasteiger partial charge < -0.3 is 15.6 Å². The molecule has 1 fully saturated rings. The van der Waals surface area contributed by atoms with E-state index in [1.807, 2.05) is 49.5 Å². The average Bonchev–Trinajstić information content (AvgIpc) is 3.45. The SMILES string of the molecule is CCc1cccc(C)c1NC(=O)C1(C(=O)NCCc2c[nH]c3ccccc23)CC1. The number of amides is 2. The van der Waals surface area contributed by atoms with Crippen molar-refractivity contribution in [1.82, 2.24) is 10.3 Å². The number of carbonyl (C=O) groups is 2. The summed E-state index contributed by atoms with van der Waals surface area (Å²) in [6, 6.07) is 14.1. The summed E-state index contributed by atoms with van der Waals surface area (Å²) in [5, 5.41) is 7.19. The van der Waals surface area contributed by atoms with Gasteiger partial charge in [-0.1, -0.05) is 43.3 Å². The lowest BCUT2D eigenvalue weighted by Gasteiger charge is -2.18. The lowest BCUT2D eigenvalue weighted by atomic mass is 10.0. The van der Waals surface area contributed by atoms with Crippen LogP contribution in [-0.2, 0) is 22.4 Å². The molecule has 3 N–H and O–H groups in total. The largest absolute Gasteiger partial charge is 0.361 e. The van der Waals surface area contributed by atoms with E-state index in [4.69, 9.17) is 0 Å². The zero-order chi connectivity index (χ0) is 20.4. The van der Waals surface area contributed by atoms with Crippen LogP contribution in [0.15, 0.2) is 48.7 Å². The van der Waals surface area contributed by atoms with E-state index in [0.29, 0.717) is 19.4 Å². The van der Waals surface area contributed by atoms with Crippen LogP contribution in [-0.4, -0.2) is 23.3 Å². The fourth-order valence-corrected chi connectivity index (χ4v) is 3.94. The Morgan fingerprint density at radius 1 is 1.03 bits per heavy atom. The standard InChI is InChI=1S/C24H27N3O2/c1-3-17-8-6-7-16(2)21(17)27-23(29)24(12-13-24)22(28)25-14-11-18-15-26-20-10-5-4-9-19(18)20/h4-10,15,26H,3,11-14H2,1-2H3,(H,25,28)(H,27,29). The summed E-state index contributed by atoms with van der Waals surface area (Å²) < 4.78 is 0. The molecule has 0 bridgehead atoms. The predicted octanol–water partition coefficient (Wildman–Crippen LogP) is 4.12. The first kappa shape index (κ1) is 19.2. The molecule has 2 aromatic carbocycles. The fraction of sp³-hybridized carbons (Fsp3) is 0.333. The van der Waals surface area contributed by atoms with Crippen molar-refractivity contribution in [3.63, 3.8) is 0 Å². The van der Waals surface area contributed by atoms with E-state index < -0.39 is 5.41 Å². The number of hydrogen-bond donors (Lipinski definition) is 3. The van der Waals surface area contributed by atoms with E-state index in [9.17, 15) is 9.59 Å². The van der Waals surface area contributed by atoms with Gasteiger partial charge in [-0.15, -0.1) is 0 Å². The minimum Gasteiger partial charge on any atom is -0.361 e. The summed E-state index contributed by atoms with van der Waals surface area (Å²) in [6.45, 7) is 4.56. The monoisotopic (exact) mass is 389 g/mol. The van der Waals surface area contributed by atoms with E-state index in [1.165, 1.54) is 10.9 Å². The summed E-state index contributed by atoms with van der Waals surface area (Å²) in [6.07, 6.45) is 4.75. The van der Waals surface area contributed by atoms with E-state index >= 15 is 0 Å². The molecule has 3 aromatic rings. The highest BCUT2D eigenvalue weighted by atomic mass is 16.2. The van der Waals surface area contributed by atoms with Crippen LogP contribution < -0.4 is 10.6 Å². The lowest BCUT2D eigenvalue weighted by molar-refractivity contribution is -0.134. The van der Waals surface area contributed by atoms with Crippen molar-refractivity contribution in [3.05, 3.63) is 65.4 Å². The Bertz CT molecular complexity index is 1060. The van der Waals surface area contributed by atoms with E-state index in [-0.39, 0.29) is 11.8 Å². The molecule has 0 saturated heterocycles. The number of anilines is 1. The number of aryl methyl sites for hydroxylation is 2. The number of aromatic nitrogens is 1. The topological polar surface area (TPSA) is 74.0 Å². The molecule has 1 aliphatic carbocycles. The maximum absolute atomic E-state index is 12.9. The van der Waals surface area contributed by atoms with Crippen molar-refractivity contribution in [3.8, 4) is 0 Å². The Kier molecular flexibility index (Phi) is 5.14. The van der Waals surface area contributed by atoms with Gasteiger partial charge in [-0.25, -0.2) is 0 Å². The molecular formula is C24H27N3O2. The van der Waals surface area contributed by atoms with Crippen molar-refractivity contribution in [2.75, 3.05) is 11.9 Å². The van der Waals surface area contributed by atoms with E-state index in [2.05, 4.69) is 28.6 Å². The average molecular weight is 389 g/mol. The third-order valence-electron chi connectivity index (χ3n) is 5.95. The number of hydrogen-bond acceptors (Lipinski definition) is 2. The third-order valence-corrected chi connectivity index (χ3v) is 5.95. The first-order valence-electron chi connectivity index (χ1n) is 10.3. The van der Waals surface area contributed by atoms with Crippen molar-refractivity contribution < 1.29 is 9.59 Å². The Labute approximate surface area is 170 Å². The Morgan fingerprint density at radius 2 is 1.83 bits per heavy atom. The first-order chi connectivity index (χ1) is 14.0. The van der Waals surface area contributed by atoms with Gasteiger partial charge in [-0.2, -0.15) is 0 Å². The minimum absolute atomic E-state index is 0.165. The van der Waals surface area contributed by atoms with Crippen LogP contribution in [0.2, 0.25) is 0 Å². The molecule has 1 aliphatic rings. The van der Waals surface area contributed by atoms with Gasteiger partial charge in [0.1, 0.15) is 5.41 Å². The van der Waals surface area contributed by atoms with Crippen molar-refractivity contribution >= 4 is 28.4 Å². The van der Waals surface area contributed by atoms with Gasteiger partial charge in [0, 0.05) is 29.3 Å². The molecule has 1 aromatic heterocycles. The molecule has 29 heavy (non-hydrogen) atoms. The van der Waals surface area contributed by atoms with Crippen molar-refractivity contribution in [2.45, 2.75) is 39.5 Å². The van der Waals surface area contributed by atoms with E-state index in [1.54, 1.807) is 0 Å². The minimum atomic E-state index is -0.923. The van der Waals surface area contributed by atoms with Gasteiger partial charge >= 0.3 is 0 Å². The third kappa shape index (κ3) is 3.65. The van der Waals surface area contributed by atoms with Gasteiger partial charge in [0.25, 0.3) is 0 Å². The van der Waals surface area contributed by atoms with Crippen LogP contribution >= 0.6 is 0 Å². The highest BCUT2D eigenvalue weighted by Crippen LogP contribution is 2.47. The Balaban J connectivity index is 1.39. The van der Waals surface area contributed by atoms with Gasteiger partial charge in [0.2, 0.25) is 11.8 Å². The second kappa shape index (κ2) is 7.74. The quantitative estimate of drug-likeness (QED) is 0.532. The van der Waals surface area contributed by atoms with Crippen molar-refractivity contribution in [1.29, 1.82) is 0 Å². The normalized spacial score (nSPS) is 14.6. The summed E-state index contributed by atoms with van der Waals surface area (Å²) in [5.41, 5.74) is 4.30. The molecule has 150 valence electrons. The number of aromatic amines is 1. The van der Waals surface area contributed by atoms with Gasteiger partial charge in [-0.05, 0) is 55.4 Å². The summed E-state index contributed by atoms with van der Waals surface area (Å²) in [5.74, 6) is -0.354. The number of para-hydroxylation sites is 2. The summed E-state index contributed by atoms with van der Waals surface area (Å²) in [7, 11) is 0. The van der Waals surface area contributed by atoms with Gasteiger partial charge in [-0.3, -0.25) is 9.59 Å². The van der Waals surface area contributed by atoms with Crippen LogP contribution in [0.1, 0.15) is 36.5 Å². The molecule has 0 radical (unpaired) electrons. The zero-order valence-corrected chi connectivity index (χ0v) is 17.0. The summed E-state index contributed by atoms with van der Waals surface area (Å²) in [4.78, 5) is 29.0. The van der Waals surface area contributed by atoms with Gasteiger partial charge in [0.05, 0.1) is 0 Å². The molecule has 1 saturated carbocycles. The highest BCUT2D eigenvalue weighted by Gasteiger charge is 2.56. The molecule has 5 nitrogen and oxygen atoms in total. The van der Waals surface area contributed by atoms with E-state index in [0.717, 1.165) is 35.2 Å². The summed E-state index contributed by atoms with van der Waals surface area (Å²) >= 11 is 0. The maximum atomic E-state index is 12.9. The molecule has 0 spiro atoms. The van der Waals surface area contributed by atoms with Crippen LogP contribution in [0.25, 0.3) is 10.9 Å². The smallest absolute Gasteiger partial charge is 0.240 e.